The van der Waals surface area contributed by atoms with E-state index in [1.165, 1.54) is 7.11 Å². The Morgan fingerprint density at radius 1 is 1.13 bits per heavy atom. The summed E-state index contributed by atoms with van der Waals surface area (Å²) in [5, 5.41) is 12.6. The lowest BCUT2D eigenvalue weighted by Crippen LogP contribution is -2.13. The van der Waals surface area contributed by atoms with Crippen molar-refractivity contribution in [1.29, 1.82) is 0 Å². The number of aryl methyl sites for hydroxylation is 1. The summed E-state index contributed by atoms with van der Waals surface area (Å²) in [5.74, 6) is -0.340. The molecule has 0 bridgehead atoms. The molecule has 1 heterocycles. The molecule has 0 radical (unpaired) electrons. The predicted octanol–water partition coefficient (Wildman–Crippen LogP) is 4.37. The van der Waals surface area contributed by atoms with E-state index >= 15 is 0 Å². The smallest absolute Gasteiger partial charge is 0.337 e. The first kappa shape index (κ1) is 22.1. The molecular formula is C24H27N3O4. The van der Waals surface area contributed by atoms with Crippen molar-refractivity contribution in [3.63, 3.8) is 0 Å². The van der Waals surface area contributed by atoms with Crippen LogP contribution in [0.1, 0.15) is 57.6 Å². The Morgan fingerprint density at radius 2 is 1.87 bits per heavy atom. The van der Waals surface area contributed by atoms with Gasteiger partial charge >= 0.3 is 11.9 Å². The second-order valence-corrected chi connectivity index (χ2v) is 7.25. The number of carbonyl (C=O) groups excluding carboxylic acids is 1. The van der Waals surface area contributed by atoms with Gasteiger partial charge in [0.25, 0.3) is 0 Å². The molecule has 3 rings (SSSR count). The van der Waals surface area contributed by atoms with E-state index in [1.807, 2.05) is 24.4 Å². The first-order valence-electron chi connectivity index (χ1n) is 10.3. The number of aromatic carboxylic acids is 1. The number of carboxylic acid groups (broad SMARTS) is 1. The number of hydrogen-bond donors (Lipinski definition) is 2. The molecule has 7 nitrogen and oxygen atoms in total. The highest BCUT2D eigenvalue weighted by Gasteiger charge is 2.13. The average Bonchev–Trinajstić information content (AvgIpc) is 3.17. The van der Waals surface area contributed by atoms with Crippen LogP contribution in [-0.4, -0.2) is 33.7 Å². The lowest BCUT2D eigenvalue weighted by molar-refractivity contribution is 0.0599. The van der Waals surface area contributed by atoms with Crippen LogP contribution < -0.4 is 5.32 Å². The summed E-state index contributed by atoms with van der Waals surface area (Å²) < 4.78 is 6.91. The third-order valence-electron chi connectivity index (χ3n) is 5.11. The first-order chi connectivity index (χ1) is 15.0. The topological polar surface area (TPSA) is 93.5 Å². The maximum absolute atomic E-state index is 11.7. The molecule has 0 aliphatic carbocycles. The van der Waals surface area contributed by atoms with Crippen LogP contribution >= 0.6 is 0 Å². The summed E-state index contributed by atoms with van der Waals surface area (Å²) >= 11 is 0. The minimum Gasteiger partial charge on any atom is -0.478 e. The number of esters is 1. The number of ether oxygens (including phenoxy) is 1. The number of methoxy groups -OCH3 is 1. The third-order valence-corrected chi connectivity index (χ3v) is 5.11. The van der Waals surface area contributed by atoms with Crippen molar-refractivity contribution in [3.05, 3.63) is 82.9 Å². The zero-order valence-corrected chi connectivity index (χ0v) is 17.8. The number of para-hydroxylation sites is 1. The van der Waals surface area contributed by atoms with E-state index in [9.17, 15) is 14.7 Å². The Bertz CT molecular complexity index is 1040. The number of nitrogens with one attached hydrogen (secondary N) is 1. The van der Waals surface area contributed by atoms with Gasteiger partial charge in [-0.2, -0.15) is 0 Å². The van der Waals surface area contributed by atoms with Gasteiger partial charge in [-0.25, -0.2) is 14.6 Å². The molecule has 0 spiro atoms. The molecule has 0 unspecified atom stereocenters. The Balaban J connectivity index is 1.82. The monoisotopic (exact) mass is 421 g/mol. The fraction of sp³-hybridized carbons (Fsp3) is 0.292. The normalized spacial score (nSPS) is 10.6. The van der Waals surface area contributed by atoms with Crippen LogP contribution in [0.5, 0.6) is 0 Å². The van der Waals surface area contributed by atoms with E-state index in [4.69, 9.17) is 4.74 Å². The van der Waals surface area contributed by atoms with Gasteiger partial charge < -0.3 is 19.7 Å². The minimum absolute atomic E-state index is 0.234. The molecule has 31 heavy (non-hydrogen) atoms. The Morgan fingerprint density at radius 3 is 2.55 bits per heavy atom. The molecular weight excluding hydrogens is 394 g/mol. The van der Waals surface area contributed by atoms with Crippen LogP contribution in [0.15, 0.2) is 54.7 Å². The molecule has 0 aliphatic rings. The fourth-order valence-electron chi connectivity index (χ4n) is 3.38. The van der Waals surface area contributed by atoms with Gasteiger partial charge in [-0.15, -0.1) is 0 Å². The second kappa shape index (κ2) is 10.4. The number of aromatic nitrogens is 2. The van der Waals surface area contributed by atoms with Crippen molar-refractivity contribution in [2.45, 2.75) is 39.3 Å². The number of hydrogen-bond acceptors (Lipinski definition) is 5. The van der Waals surface area contributed by atoms with Gasteiger partial charge in [0.05, 0.1) is 36.7 Å². The summed E-state index contributed by atoms with van der Waals surface area (Å²) in [6.07, 6.45) is 4.81. The van der Waals surface area contributed by atoms with Gasteiger partial charge in [0.1, 0.15) is 5.82 Å². The third kappa shape index (κ3) is 5.51. The molecule has 2 aromatic carbocycles. The van der Waals surface area contributed by atoms with Gasteiger partial charge in [-0.05, 0) is 36.2 Å². The first-order valence-corrected chi connectivity index (χ1v) is 10.3. The minimum atomic E-state index is -0.967. The highest BCUT2D eigenvalue weighted by Crippen LogP contribution is 2.18. The fourth-order valence-corrected chi connectivity index (χ4v) is 3.38. The lowest BCUT2D eigenvalue weighted by atomic mass is 10.1. The molecule has 1 aromatic heterocycles. The van der Waals surface area contributed by atoms with Crippen molar-refractivity contribution in [1.82, 2.24) is 9.55 Å². The van der Waals surface area contributed by atoms with E-state index in [1.54, 1.807) is 30.3 Å². The van der Waals surface area contributed by atoms with E-state index in [2.05, 4.69) is 21.8 Å². The maximum atomic E-state index is 11.7. The molecule has 0 amide bonds. The Labute approximate surface area is 181 Å². The van der Waals surface area contributed by atoms with Gasteiger partial charge in [0.2, 0.25) is 0 Å². The van der Waals surface area contributed by atoms with Crippen molar-refractivity contribution >= 4 is 17.6 Å². The molecule has 162 valence electrons. The van der Waals surface area contributed by atoms with Crippen LogP contribution in [0.4, 0.5) is 5.69 Å². The second-order valence-electron chi connectivity index (χ2n) is 7.25. The quantitative estimate of drug-likeness (QED) is 0.472. The zero-order chi connectivity index (χ0) is 22.2. The molecule has 3 aromatic rings. The molecule has 2 N–H and O–H groups in total. The summed E-state index contributed by atoms with van der Waals surface area (Å²) in [5.41, 5.74) is 3.31. The SMILES string of the molecule is CCCCc1ncc(CNc2ccccc2C(=O)O)n1Cc1ccc(C(=O)OC)cc1. The number of benzene rings is 2. The van der Waals surface area contributed by atoms with Crippen LogP contribution in [0.3, 0.4) is 0 Å². The molecule has 0 saturated carbocycles. The van der Waals surface area contributed by atoms with Crippen molar-refractivity contribution in [3.8, 4) is 0 Å². The van der Waals surface area contributed by atoms with E-state index in [-0.39, 0.29) is 11.5 Å². The van der Waals surface area contributed by atoms with E-state index < -0.39 is 5.97 Å². The molecule has 0 atom stereocenters. The number of nitrogens with zero attached hydrogens (tertiary/aromatic N) is 2. The number of carboxylic acids is 1. The highest BCUT2D eigenvalue weighted by molar-refractivity contribution is 5.94. The number of carbonyl (C=O) groups is 2. The van der Waals surface area contributed by atoms with E-state index in [0.717, 1.165) is 36.3 Å². The van der Waals surface area contributed by atoms with Crippen LogP contribution in [-0.2, 0) is 24.2 Å². The average molecular weight is 421 g/mol. The van der Waals surface area contributed by atoms with Gasteiger partial charge in [0, 0.05) is 18.7 Å². The Kier molecular flexibility index (Phi) is 7.43. The van der Waals surface area contributed by atoms with Gasteiger partial charge in [-0.1, -0.05) is 37.6 Å². The summed E-state index contributed by atoms with van der Waals surface area (Å²) in [6.45, 7) is 3.20. The molecule has 0 fully saturated rings. The standard InChI is InChI=1S/C24H27N3O4/c1-3-4-9-22-26-15-19(14-25-21-8-6-5-7-20(21)23(28)29)27(22)16-17-10-12-18(13-11-17)24(30)31-2/h5-8,10-13,15,25H,3-4,9,14,16H2,1-2H3,(H,28,29). The Hall–Kier alpha value is -3.61. The number of rotatable bonds is 10. The van der Waals surface area contributed by atoms with Crippen molar-refractivity contribution in [2.75, 3.05) is 12.4 Å². The number of unbranched alkanes of at least 4 members (excludes halogenated alkanes) is 1. The largest absolute Gasteiger partial charge is 0.478 e. The van der Waals surface area contributed by atoms with E-state index in [0.29, 0.717) is 24.3 Å². The van der Waals surface area contributed by atoms with Gasteiger partial charge in [0.15, 0.2) is 0 Å². The highest BCUT2D eigenvalue weighted by atomic mass is 16.5. The van der Waals surface area contributed by atoms with Crippen LogP contribution in [0.25, 0.3) is 0 Å². The lowest BCUT2D eigenvalue weighted by Gasteiger charge is -2.14. The summed E-state index contributed by atoms with van der Waals surface area (Å²) in [7, 11) is 1.36. The molecule has 7 heteroatoms. The predicted molar refractivity (Wildman–Crippen MR) is 118 cm³/mol. The number of anilines is 1. The summed E-state index contributed by atoms with van der Waals surface area (Å²) in [6, 6.07) is 14.2. The van der Waals surface area contributed by atoms with Crippen molar-refractivity contribution in [2.24, 2.45) is 0 Å². The maximum Gasteiger partial charge on any atom is 0.337 e. The molecule has 0 saturated heterocycles. The van der Waals surface area contributed by atoms with Crippen molar-refractivity contribution < 1.29 is 19.4 Å². The van der Waals surface area contributed by atoms with Crippen LogP contribution in [0.2, 0.25) is 0 Å². The van der Waals surface area contributed by atoms with Crippen LogP contribution in [0, 0.1) is 0 Å². The number of imidazole rings is 1. The molecule has 0 aliphatic heterocycles. The summed E-state index contributed by atoms with van der Waals surface area (Å²) in [4.78, 5) is 27.8. The zero-order valence-electron chi connectivity index (χ0n) is 17.8. The van der Waals surface area contributed by atoms with Gasteiger partial charge in [-0.3, -0.25) is 0 Å².